The fourth-order valence-electron chi connectivity index (χ4n) is 5.95. The van der Waals surface area contributed by atoms with Crippen molar-refractivity contribution in [3.63, 3.8) is 0 Å². The minimum Gasteiger partial charge on any atom is -0.495 e. The van der Waals surface area contributed by atoms with Gasteiger partial charge in [-0.15, -0.1) is 0 Å². The van der Waals surface area contributed by atoms with Gasteiger partial charge in [0.05, 0.1) is 24.7 Å². The molecule has 1 saturated carbocycles. The van der Waals surface area contributed by atoms with E-state index in [1.165, 1.54) is 19.3 Å². The molecule has 198 valence electrons. The maximum Gasteiger partial charge on any atom is 0.223 e. The van der Waals surface area contributed by atoms with Gasteiger partial charge in [-0.1, -0.05) is 31.1 Å². The predicted molar refractivity (Wildman–Crippen MR) is 148 cm³/mol. The molecular weight excluding hydrogens is 462 g/mol. The molecule has 7 heteroatoms. The summed E-state index contributed by atoms with van der Waals surface area (Å²) in [6, 6.07) is 5.08. The second-order valence-electron chi connectivity index (χ2n) is 11.1. The number of anilines is 1. The number of nitrogens with zero attached hydrogens (tertiary/aromatic N) is 4. The fraction of sp³-hybridized carbons (Fsp3) is 0.633. The van der Waals surface area contributed by atoms with Crippen molar-refractivity contribution in [2.24, 2.45) is 0 Å². The molecule has 1 amide bonds. The number of carbonyl (C=O) groups excluding carboxylic acids is 1. The van der Waals surface area contributed by atoms with Gasteiger partial charge in [0.1, 0.15) is 17.4 Å². The van der Waals surface area contributed by atoms with Crippen LogP contribution in [0.4, 0.5) is 5.82 Å². The van der Waals surface area contributed by atoms with E-state index in [9.17, 15) is 4.79 Å². The van der Waals surface area contributed by atoms with Crippen LogP contribution in [0.25, 0.3) is 10.9 Å². The normalized spacial score (nSPS) is 19.9. The van der Waals surface area contributed by atoms with Gasteiger partial charge in [-0.2, -0.15) is 0 Å². The van der Waals surface area contributed by atoms with Crippen molar-refractivity contribution < 1.29 is 9.53 Å². The molecule has 2 aliphatic heterocycles. The van der Waals surface area contributed by atoms with Crippen LogP contribution in [0.1, 0.15) is 88.9 Å². The molecule has 1 aromatic heterocycles. The quantitative estimate of drug-likeness (QED) is 0.563. The van der Waals surface area contributed by atoms with Crippen LogP contribution in [0.3, 0.4) is 0 Å². The molecule has 1 aromatic carbocycles. The highest BCUT2D eigenvalue weighted by Crippen LogP contribution is 2.35. The van der Waals surface area contributed by atoms with Crippen molar-refractivity contribution in [3.05, 3.63) is 23.5 Å². The van der Waals surface area contributed by atoms with E-state index in [-0.39, 0.29) is 5.91 Å². The number of ether oxygens (including phenoxy) is 1. The lowest BCUT2D eigenvalue weighted by Gasteiger charge is -2.35. The lowest BCUT2D eigenvalue weighted by molar-refractivity contribution is -0.127. The van der Waals surface area contributed by atoms with Crippen LogP contribution in [0.5, 0.6) is 5.75 Å². The van der Waals surface area contributed by atoms with Crippen LogP contribution in [-0.4, -0.2) is 71.0 Å². The summed E-state index contributed by atoms with van der Waals surface area (Å²) in [7, 11) is 1.68. The molecule has 2 saturated heterocycles. The lowest BCUT2D eigenvalue weighted by atomic mass is 9.88. The van der Waals surface area contributed by atoms with Gasteiger partial charge in [0.25, 0.3) is 0 Å². The summed E-state index contributed by atoms with van der Waals surface area (Å²) in [4.78, 5) is 26.5. The standard InChI is InChI=1S/C30H41N5O2/c1-21(2)34-17-13-24(14-18-34)31-30-25-20-27(37-3)23(11-7-15-35-16-8-12-28(35)36)19-26(25)32-29(33-30)22-9-5-4-6-10-22/h19-22,24H,4-6,8-10,12-18H2,1-3H3,(H,31,32,33). The van der Waals surface area contributed by atoms with Gasteiger partial charge < -0.3 is 19.9 Å². The summed E-state index contributed by atoms with van der Waals surface area (Å²) in [6.45, 7) is 8.02. The molecule has 3 aliphatic rings. The van der Waals surface area contributed by atoms with E-state index >= 15 is 0 Å². The molecular formula is C30H41N5O2. The summed E-state index contributed by atoms with van der Waals surface area (Å²) in [5.74, 6) is 9.68. The molecule has 0 spiro atoms. The van der Waals surface area contributed by atoms with Crippen LogP contribution in [-0.2, 0) is 4.79 Å². The number of aromatic nitrogens is 2. The highest BCUT2D eigenvalue weighted by Gasteiger charge is 2.25. The highest BCUT2D eigenvalue weighted by molar-refractivity contribution is 5.92. The number of amides is 1. The molecule has 3 fully saturated rings. The van der Waals surface area contributed by atoms with E-state index in [0.717, 1.165) is 85.6 Å². The molecule has 5 rings (SSSR count). The topological polar surface area (TPSA) is 70.6 Å². The summed E-state index contributed by atoms with van der Waals surface area (Å²) >= 11 is 0. The third kappa shape index (κ3) is 6.01. The van der Waals surface area contributed by atoms with Gasteiger partial charge in [0.2, 0.25) is 5.91 Å². The van der Waals surface area contributed by atoms with Crippen molar-refractivity contribution in [1.82, 2.24) is 19.8 Å². The number of hydrogen-bond donors (Lipinski definition) is 1. The minimum absolute atomic E-state index is 0.194. The highest BCUT2D eigenvalue weighted by atomic mass is 16.5. The van der Waals surface area contributed by atoms with Crippen molar-refractivity contribution >= 4 is 22.6 Å². The van der Waals surface area contributed by atoms with E-state index < -0.39 is 0 Å². The maximum absolute atomic E-state index is 12.0. The van der Waals surface area contributed by atoms with Crippen molar-refractivity contribution in [2.45, 2.75) is 89.6 Å². The van der Waals surface area contributed by atoms with Crippen LogP contribution in [0.2, 0.25) is 0 Å². The number of benzene rings is 1. The number of likely N-dealkylation sites (tertiary alicyclic amines) is 2. The van der Waals surface area contributed by atoms with Gasteiger partial charge in [0, 0.05) is 49.4 Å². The first-order valence-corrected chi connectivity index (χ1v) is 14.2. The third-order valence-electron chi connectivity index (χ3n) is 8.27. The first-order chi connectivity index (χ1) is 18.0. The number of methoxy groups -OCH3 is 1. The molecule has 1 aliphatic carbocycles. The number of carbonyl (C=O) groups is 1. The van der Waals surface area contributed by atoms with Crippen LogP contribution in [0, 0.1) is 11.8 Å². The number of rotatable bonds is 6. The van der Waals surface area contributed by atoms with Crippen molar-refractivity contribution in [3.8, 4) is 17.6 Å². The molecule has 7 nitrogen and oxygen atoms in total. The molecule has 0 radical (unpaired) electrons. The van der Waals surface area contributed by atoms with Gasteiger partial charge in [-0.05, 0) is 58.1 Å². The summed E-state index contributed by atoms with van der Waals surface area (Å²) in [6.07, 6.45) is 9.89. The molecule has 1 N–H and O–H groups in total. The second-order valence-corrected chi connectivity index (χ2v) is 11.1. The van der Waals surface area contributed by atoms with Crippen LogP contribution >= 0.6 is 0 Å². The van der Waals surface area contributed by atoms with E-state index in [2.05, 4.69) is 35.9 Å². The van der Waals surface area contributed by atoms with Crippen LogP contribution in [0.15, 0.2) is 12.1 Å². The maximum atomic E-state index is 12.0. The second kappa shape index (κ2) is 11.7. The zero-order chi connectivity index (χ0) is 25.8. The zero-order valence-corrected chi connectivity index (χ0v) is 22.7. The van der Waals surface area contributed by atoms with Gasteiger partial charge >= 0.3 is 0 Å². The smallest absolute Gasteiger partial charge is 0.223 e. The monoisotopic (exact) mass is 503 g/mol. The Morgan fingerprint density at radius 2 is 1.84 bits per heavy atom. The Balaban J connectivity index is 1.46. The first kappa shape index (κ1) is 25.8. The van der Waals surface area contributed by atoms with Crippen LogP contribution < -0.4 is 10.1 Å². The summed E-state index contributed by atoms with van der Waals surface area (Å²) in [5.41, 5.74) is 1.73. The molecule has 0 bridgehead atoms. The Morgan fingerprint density at radius 1 is 1.05 bits per heavy atom. The average Bonchev–Trinajstić information content (AvgIpc) is 3.33. The van der Waals surface area contributed by atoms with Gasteiger partial charge in [-0.25, -0.2) is 9.97 Å². The Kier molecular flexibility index (Phi) is 8.14. The van der Waals surface area contributed by atoms with Gasteiger partial charge in [0.15, 0.2) is 0 Å². The third-order valence-corrected chi connectivity index (χ3v) is 8.27. The van der Waals surface area contributed by atoms with E-state index in [1.807, 2.05) is 17.0 Å². The van der Waals surface area contributed by atoms with Crippen molar-refractivity contribution in [2.75, 3.05) is 38.6 Å². The fourth-order valence-corrected chi connectivity index (χ4v) is 5.95. The predicted octanol–water partition coefficient (Wildman–Crippen LogP) is 4.94. The number of hydrogen-bond acceptors (Lipinski definition) is 6. The molecule has 37 heavy (non-hydrogen) atoms. The lowest BCUT2D eigenvalue weighted by Crippen LogP contribution is -2.42. The molecule has 0 unspecified atom stereocenters. The number of piperidine rings is 1. The van der Waals surface area contributed by atoms with E-state index in [0.29, 0.717) is 31.0 Å². The van der Waals surface area contributed by atoms with Crippen molar-refractivity contribution in [1.29, 1.82) is 0 Å². The minimum atomic E-state index is 0.194. The number of nitrogens with one attached hydrogen (secondary N) is 1. The van der Waals surface area contributed by atoms with Gasteiger partial charge in [-0.3, -0.25) is 4.79 Å². The van der Waals surface area contributed by atoms with E-state index in [1.54, 1.807) is 7.11 Å². The Bertz CT molecular complexity index is 1170. The first-order valence-electron chi connectivity index (χ1n) is 14.2. The summed E-state index contributed by atoms with van der Waals surface area (Å²) < 4.78 is 5.76. The average molecular weight is 504 g/mol. The van der Waals surface area contributed by atoms with E-state index in [4.69, 9.17) is 14.7 Å². The Hall–Kier alpha value is -2.85. The zero-order valence-electron chi connectivity index (χ0n) is 22.7. The number of fused-ring (bicyclic) bond motifs is 1. The largest absolute Gasteiger partial charge is 0.495 e. The Morgan fingerprint density at radius 3 is 2.51 bits per heavy atom. The molecule has 0 atom stereocenters. The SMILES string of the molecule is COc1cc2c(NC3CCN(C(C)C)CC3)nc(C3CCCCC3)nc2cc1C#CCN1CCCC1=O. The molecule has 3 heterocycles. The molecule has 2 aromatic rings. The Labute approximate surface area is 221 Å². The summed E-state index contributed by atoms with van der Waals surface area (Å²) in [5, 5.41) is 4.79.